The third kappa shape index (κ3) is 2.37. The van der Waals surface area contributed by atoms with Crippen LogP contribution in [-0.2, 0) is 9.59 Å². The molecule has 1 rings (SSSR count). The second kappa shape index (κ2) is 5.57. The maximum Gasteiger partial charge on any atom is 0.334 e. The Morgan fingerprint density at radius 2 is 1.19 bits per heavy atom. The fourth-order valence-electron chi connectivity index (χ4n) is 1.44. The molecule has 1 saturated heterocycles. The summed E-state index contributed by atoms with van der Waals surface area (Å²) in [7, 11) is 0. The van der Waals surface area contributed by atoms with Crippen LogP contribution in [0, 0.1) is 0 Å². The van der Waals surface area contributed by atoms with Gasteiger partial charge in [0, 0.05) is 13.1 Å². The second-order valence-corrected chi connectivity index (χ2v) is 3.48. The van der Waals surface area contributed by atoms with E-state index < -0.39 is 17.8 Å². The van der Waals surface area contributed by atoms with Gasteiger partial charge >= 0.3 is 17.8 Å². The van der Waals surface area contributed by atoms with Crippen molar-refractivity contribution in [2.75, 3.05) is 26.2 Å². The first-order chi connectivity index (χ1) is 7.63. The van der Waals surface area contributed by atoms with Gasteiger partial charge in [-0.25, -0.2) is 4.79 Å². The van der Waals surface area contributed by atoms with Crippen molar-refractivity contribution in [2.45, 2.75) is 12.8 Å². The van der Waals surface area contributed by atoms with E-state index >= 15 is 0 Å². The maximum absolute atomic E-state index is 11.7. The number of carbonyl (C=O) groups is 3. The quantitative estimate of drug-likeness (QED) is 0.423. The summed E-state index contributed by atoms with van der Waals surface area (Å²) in [5.41, 5.74) is 10.6. The van der Waals surface area contributed by atoms with Crippen molar-refractivity contribution >= 4 is 17.8 Å². The summed E-state index contributed by atoms with van der Waals surface area (Å²) < 4.78 is 0. The van der Waals surface area contributed by atoms with Crippen LogP contribution in [0.5, 0.6) is 0 Å². The first-order valence-electron chi connectivity index (χ1n) is 5.21. The monoisotopic (exact) mass is 228 g/mol. The van der Waals surface area contributed by atoms with E-state index in [4.69, 9.17) is 11.5 Å². The highest BCUT2D eigenvalue weighted by Crippen LogP contribution is 2.12. The van der Waals surface area contributed by atoms with Gasteiger partial charge in [-0.2, -0.15) is 0 Å². The molecule has 1 aliphatic heterocycles. The molecule has 0 unspecified atom stereocenters. The van der Waals surface area contributed by atoms with Crippen molar-refractivity contribution in [2.24, 2.45) is 11.5 Å². The van der Waals surface area contributed by atoms with Gasteiger partial charge in [0.05, 0.1) is 0 Å². The third-order valence-electron chi connectivity index (χ3n) is 2.31. The number of rotatable bonds is 6. The van der Waals surface area contributed by atoms with E-state index in [1.165, 1.54) is 0 Å². The number of hydrogen-bond donors (Lipinski definition) is 2. The Kier molecular flexibility index (Phi) is 4.39. The Labute approximate surface area is 93.3 Å². The molecule has 7 nitrogen and oxygen atoms in total. The number of nitrogens with zero attached hydrogens (tertiary/aromatic N) is 2. The zero-order valence-electron chi connectivity index (χ0n) is 9.02. The number of imide groups is 2. The molecule has 90 valence electrons. The first-order valence-corrected chi connectivity index (χ1v) is 5.21. The zero-order chi connectivity index (χ0) is 12.1. The molecule has 16 heavy (non-hydrogen) atoms. The molecule has 0 atom stereocenters. The molecule has 1 aliphatic rings. The van der Waals surface area contributed by atoms with Crippen LogP contribution in [0.2, 0.25) is 0 Å². The number of carbonyl (C=O) groups excluding carboxylic acids is 3. The maximum atomic E-state index is 11.7. The molecule has 4 N–H and O–H groups in total. The first kappa shape index (κ1) is 12.6. The van der Waals surface area contributed by atoms with Crippen LogP contribution in [-0.4, -0.2) is 53.8 Å². The fourth-order valence-corrected chi connectivity index (χ4v) is 1.44. The Morgan fingerprint density at radius 1 is 0.812 bits per heavy atom. The smallest absolute Gasteiger partial charge is 0.330 e. The SMILES string of the molecule is NCCCN1C(=O)C(=O)N(CCCN)C1=O. The third-order valence-corrected chi connectivity index (χ3v) is 2.31. The molecule has 1 heterocycles. The predicted molar refractivity (Wildman–Crippen MR) is 56.2 cm³/mol. The highest BCUT2D eigenvalue weighted by molar-refractivity contribution is 6.44. The summed E-state index contributed by atoms with van der Waals surface area (Å²) in [6.07, 6.45) is 0.991. The molecule has 0 radical (unpaired) electrons. The van der Waals surface area contributed by atoms with Crippen molar-refractivity contribution in [1.29, 1.82) is 0 Å². The van der Waals surface area contributed by atoms with Crippen LogP contribution in [0.4, 0.5) is 4.79 Å². The molecule has 0 saturated carbocycles. The van der Waals surface area contributed by atoms with Crippen LogP contribution >= 0.6 is 0 Å². The van der Waals surface area contributed by atoms with Gasteiger partial charge in [-0.3, -0.25) is 19.4 Å². The minimum atomic E-state index is -0.768. The molecule has 1 fully saturated rings. The van der Waals surface area contributed by atoms with E-state index in [0.717, 1.165) is 9.80 Å². The van der Waals surface area contributed by atoms with Gasteiger partial charge in [0.1, 0.15) is 0 Å². The largest absolute Gasteiger partial charge is 0.334 e. The fraction of sp³-hybridized carbons (Fsp3) is 0.667. The van der Waals surface area contributed by atoms with Gasteiger partial charge in [-0.15, -0.1) is 0 Å². The number of urea groups is 1. The molecule has 0 aromatic rings. The molecular formula is C9H16N4O3. The van der Waals surface area contributed by atoms with Crippen LogP contribution < -0.4 is 11.5 Å². The lowest BCUT2D eigenvalue weighted by Gasteiger charge is -2.14. The van der Waals surface area contributed by atoms with Crippen LogP contribution in [0.3, 0.4) is 0 Å². The average molecular weight is 228 g/mol. The highest BCUT2D eigenvalue weighted by Gasteiger charge is 2.43. The minimum absolute atomic E-state index is 0.193. The van der Waals surface area contributed by atoms with Gasteiger partial charge in [0.15, 0.2) is 0 Å². The summed E-state index contributed by atoms with van der Waals surface area (Å²) in [6, 6.07) is -0.558. The summed E-state index contributed by atoms with van der Waals surface area (Å²) in [5, 5.41) is 0. The Morgan fingerprint density at radius 3 is 1.50 bits per heavy atom. The summed E-state index contributed by atoms with van der Waals surface area (Å²) in [5.74, 6) is -1.54. The molecule has 4 amide bonds. The normalized spacial score (nSPS) is 16.5. The Bertz CT molecular complexity index is 277. The second-order valence-electron chi connectivity index (χ2n) is 3.48. The standard InChI is InChI=1S/C9H16N4O3/c10-3-1-5-12-7(14)8(15)13(9(12)16)6-2-4-11/h1-6,10-11H2. The summed E-state index contributed by atoms with van der Waals surface area (Å²) in [4.78, 5) is 36.4. The van der Waals surface area contributed by atoms with E-state index in [9.17, 15) is 14.4 Å². The molecule has 0 aliphatic carbocycles. The Hall–Kier alpha value is -1.47. The van der Waals surface area contributed by atoms with Gasteiger partial charge < -0.3 is 11.5 Å². The zero-order valence-corrected chi connectivity index (χ0v) is 9.02. The topological polar surface area (TPSA) is 110 Å². The van der Waals surface area contributed by atoms with Crippen molar-refractivity contribution in [3.8, 4) is 0 Å². The van der Waals surface area contributed by atoms with Gasteiger partial charge in [0.2, 0.25) is 0 Å². The van der Waals surface area contributed by atoms with Gasteiger partial charge in [0.25, 0.3) is 0 Å². The molecular weight excluding hydrogens is 212 g/mol. The van der Waals surface area contributed by atoms with E-state index in [1.807, 2.05) is 0 Å². The molecule has 0 spiro atoms. The Balaban J connectivity index is 2.66. The van der Waals surface area contributed by atoms with Gasteiger partial charge in [-0.05, 0) is 25.9 Å². The van der Waals surface area contributed by atoms with E-state index in [0.29, 0.717) is 25.9 Å². The minimum Gasteiger partial charge on any atom is -0.330 e. The number of nitrogens with two attached hydrogens (primary N) is 2. The van der Waals surface area contributed by atoms with Crippen LogP contribution in [0.1, 0.15) is 12.8 Å². The lowest BCUT2D eigenvalue weighted by Crippen LogP contribution is -2.35. The molecule has 0 aromatic carbocycles. The van der Waals surface area contributed by atoms with Crippen molar-refractivity contribution in [3.05, 3.63) is 0 Å². The van der Waals surface area contributed by atoms with E-state index in [-0.39, 0.29) is 13.1 Å². The van der Waals surface area contributed by atoms with Crippen molar-refractivity contribution in [3.63, 3.8) is 0 Å². The molecule has 0 aromatic heterocycles. The van der Waals surface area contributed by atoms with Crippen LogP contribution in [0.15, 0.2) is 0 Å². The summed E-state index contributed by atoms with van der Waals surface area (Å²) in [6.45, 7) is 1.13. The lowest BCUT2D eigenvalue weighted by atomic mass is 10.4. The van der Waals surface area contributed by atoms with Crippen LogP contribution in [0.25, 0.3) is 0 Å². The lowest BCUT2D eigenvalue weighted by molar-refractivity contribution is -0.143. The average Bonchev–Trinajstić information content (AvgIpc) is 2.47. The molecule has 7 heteroatoms. The number of hydrogen-bond acceptors (Lipinski definition) is 5. The van der Waals surface area contributed by atoms with E-state index in [2.05, 4.69) is 0 Å². The van der Waals surface area contributed by atoms with Gasteiger partial charge in [-0.1, -0.05) is 0 Å². The highest BCUT2D eigenvalue weighted by atomic mass is 16.2. The number of amides is 4. The molecule has 0 bridgehead atoms. The van der Waals surface area contributed by atoms with Crippen molar-refractivity contribution in [1.82, 2.24) is 9.80 Å². The predicted octanol–water partition coefficient (Wildman–Crippen LogP) is -1.53. The summed E-state index contributed by atoms with van der Waals surface area (Å²) >= 11 is 0. The van der Waals surface area contributed by atoms with E-state index in [1.54, 1.807) is 0 Å². The van der Waals surface area contributed by atoms with Crippen molar-refractivity contribution < 1.29 is 14.4 Å².